The Kier molecular flexibility index (Phi) is 7.10. The molecule has 26 heavy (non-hydrogen) atoms. The van der Waals surface area contributed by atoms with Gasteiger partial charge in [-0.15, -0.1) is 24.0 Å². The first-order valence-electron chi connectivity index (χ1n) is 9.94. The molecule has 2 saturated carbocycles. The second-order valence-electron chi connectivity index (χ2n) is 8.40. The molecule has 2 aliphatic carbocycles. The topological polar surface area (TPSA) is 79.8 Å². The van der Waals surface area contributed by atoms with Gasteiger partial charge in [-0.05, 0) is 56.3 Å². The van der Waals surface area contributed by atoms with E-state index >= 15 is 0 Å². The van der Waals surface area contributed by atoms with Gasteiger partial charge in [-0.2, -0.15) is 0 Å². The quantitative estimate of drug-likeness (QED) is 0.345. The Morgan fingerprint density at radius 3 is 2.65 bits per heavy atom. The minimum atomic E-state index is -2.83. The molecule has 2 bridgehead atoms. The van der Waals surface area contributed by atoms with Gasteiger partial charge >= 0.3 is 0 Å². The summed E-state index contributed by atoms with van der Waals surface area (Å²) >= 11 is 0. The van der Waals surface area contributed by atoms with Gasteiger partial charge in [0.25, 0.3) is 0 Å². The fraction of sp³-hybridized carbons (Fsp3) is 0.944. The minimum Gasteiger partial charge on any atom is -0.376 e. The normalized spacial score (nSPS) is 38.3. The van der Waals surface area contributed by atoms with Gasteiger partial charge in [-0.25, -0.2) is 8.42 Å². The number of hydrogen-bond donors (Lipinski definition) is 2. The van der Waals surface area contributed by atoms with Crippen LogP contribution in [0.5, 0.6) is 0 Å². The van der Waals surface area contributed by atoms with Gasteiger partial charge in [-0.1, -0.05) is 6.42 Å². The molecule has 4 aliphatic rings. The largest absolute Gasteiger partial charge is 0.376 e. The first kappa shape index (κ1) is 20.6. The summed E-state index contributed by atoms with van der Waals surface area (Å²) in [5, 5.41) is 7.11. The van der Waals surface area contributed by atoms with E-state index in [4.69, 9.17) is 9.73 Å². The molecule has 6 nitrogen and oxygen atoms in total. The molecule has 0 spiro atoms. The molecule has 5 atom stereocenters. The van der Waals surface area contributed by atoms with Crippen LogP contribution in [-0.2, 0) is 14.6 Å². The molecule has 8 heteroatoms. The highest BCUT2D eigenvalue weighted by molar-refractivity contribution is 14.0. The van der Waals surface area contributed by atoms with Gasteiger partial charge in [0, 0.05) is 25.7 Å². The van der Waals surface area contributed by atoms with Crippen molar-refractivity contribution in [2.75, 3.05) is 31.2 Å². The van der Waals surface area contributed by atoms with Crippen molar-refractivity contribution in [1.29, 1.82) is 0 Å². The van der Waals surface area contributed by atoms with E-state index in [1.165, 1.54) is 25.7 Å². The molecule has 5 unspecified atom stereocenters. The molecule has 0 aromatic carbocycles. The van der Waals surface area contributed by atoms with Crippen LogP contribution in [0.4, 0.5) is 0 Å². The zero-order valence-corrected chi connectivity index (χ0v) is 18.5. The highest BCUT2D eigenvalue weighted by Crippen LogP contribution is 2.44. The third-order valence-corrected chi connectivity index (χ3v) is 8.25. The molecule has 0 aromatic heterocycles. The van der Waals surface area contributed by atoms with Crippen LogP contribution in [0.15, 0.2) is 4.99 Å². The van der Waals surface area contributed by atoms with Crippen LogP contribution in [0.3, 0.4) is 0 Å². The van der Waals surface area contributed by atoms with Crippen molar-refractivity contribution >= 4 is 39.8 Å². The highest BCUT2D eigenvalue weighted by atomic mass is 127. The fourth-order valence-corrected chi connectivity index (χ4v) is 6.85. The number of nitrogens with one attached hydrogen (secondary N) is 2. The van der Waals surface area contributed by atoms with Crippen molar-refractivity contribution in [2.45, 2.75) is 57.1 Å². The van der Waals surface area contributed by atoms with Crippen molar-refractivity contribution in [3.8, 4) is 0 Å². The van der Waals surface area contributed by atoms with Gasteiger partial charge in [0.05, 0.1) is 17.6 Å². The average molecular weight is 497 g/mol. The maximum Gasteiger partial charge on any atom is 0.191 e. The highest BCUT2D eigenvalue weighted by Gasteiger charge is 2.40. The van der Waals surface area contributed by atoms with Crippen LogP contribution in [-0.4, -0.2) is 57.7 Å². The smallest absolute Gasteiger partial charge is 0.191 e. The van der Waals surface area contributed by atoms with Gasteiger partial charge in [0.15, 0.2) is 15.8 Å². The summed E-state index contributed by atoms with van der Waals surface area (Å²) in [7, 11) is -2.83. The van der Waals surface area contributed by atoms with Crippen LogP contribution in [0.1, 0.15) is 44.9 Å². The molecule has 4 fully saturated rings. The molecule has 2 heterocycles. The lowest BCUT2D eigenvalue weighted by Crippen LogP contribution is -2.47. The molecule has 0 amide bonds. The van der Waals surface area contributed by atoms with E-state index in [9.17, 15) is 8.42 Å². The lowest BCUT2D eigenvalue weighted by molar-refractivity contribution is 0.113. The maximum atomic E-state index is 11.7. The number of halogens is 1. The first-order chi connectivity index (χ1) is 12.1. The van der Waals surface area contributed by atoms with E-state index in [0.29, 0.717) is 24.1 Å². The summed E-state index contributed by atoms with van der Waals surface area (Å²) in [6.45, 7) is 2.25. The van der Waals surface area contributed by atoms with Crippen molar-refractivity contribution in [1.82, 2.24) is 10.6 Å². The van der Waals surface area contributed by atoms with E-state index in [2.05, 4.69) is 10.6 Å². The lowest BCUT2D eigenvalue weighted by Gasteiger charge is -2.26. The number of guanidine groups is 1. The number of hydrogen-bond acceptors (Lipinski definition) is 4. The second kappa shape index (κ2) is 8.94. The zero-order valence-electron chi connectivity index (χ0n) is 15.4. The zero-order chi connectivity index (χ0) is 17.3. The summed E-state index contributed by atoms with van der Waals surface area (Å²) < 4.78 is 29.0. The van der Waals surface area contributed by atoms with Crippen molar-refractivity contribution in [3.05, 3.63) is 0 Å². The lowest BCUT2D eigenvalue weighted by atomic mass is 9.95. The van der Waals surface area contributed by atoms with Crippen molar-refractivity contribution < 1.29 is 13.2 Å². The summed E-state index contributed by atoms with van der Waals surface area (Å²) in [6.07, 6.45) is 8.60. The number of sulfone groups is 1. The maximum absolute atomic E-state index is 11.7. The first-order valence-corrected chi connectivity index (χ1v) is 11.8. The number of rotatable bonds is 5. The van der Waals surface area contributed by atoms with E-state index in [0.717, 1.165) is 50.2 Å². The molecular formula is C18H32IN3O3S. The summed E-state index contributed by atoms with van der Waals surface area (Å²) in [5.41, 5.74) is 0. The van der Waals surface area contributed by atoms with Crippen LogP contribution >= 0.6 is 24.0 Å². The van der Waals surface area contributed by atoms with Crippen LogP contribution in [0.2, 0.25) is 0 Å². The Morgan fingerprint density at radius 2 is 2.04 bits per heavy atom. The molecule has 2 N–H and O–H groups in total. The monoisotopic (exact) mass is 497 g/mol. The Bertz CT molecular complexity index is 607. The summed E-state index contributed by atoms with van der Waals surface area (Å²) in [6, 6.07) is 0.529. The van der Waals surface area contributed by atoms with Crippen LogP contribution in [0.25, 0.3) is 0 Å². The van der Waals surface area contributed by atoms with E-state index in [-0.39, 0.29) is 36.0 Å². The second-order valence-corrected chi connectivity index (χ2v) is 10.6. The number of fused-ring (bicyclic) bond motifs is 2. The predicted octanol–water partition coefficient (Wildman–Crippen LogP) is 1.94. The average Bonchev–Trinajstić information content (AvgIpc) is 3.35. The third-order valence-electron chi connectivity index (χ3n) is 6.42. The molecule has 0 radical (unpaired) electrons. The summed E-state index contributed by atoms with van der Waals surface area (Å²) in [5.74, 6) is 3.33. The van der Waals surface area contributed by atoms with Gasteiger partial charge in [-0.3, -0.25) is 4.99 Å². The fourth-order valence-electron chi connectivity index (χ4n) is 5.00. The molecule has 4 rings (SSSR count). The Hall–Kier alpha value is -0.0900. The molecule has 2 aliphatic heterocycles. The number of nitrogens with zero attached hydrogens (tertiary/aromatic N) is 1. The van der Waals surface area contributed by atoms with Gasteiger partial charge < -0.3 is 15.4 Å². The molecule has 2 saturated heterocycles. The van der Waals surface area contributed by atoms with Crippen molar-refractivity contribution in [2.24, 2.45) is 22.7 Å². The van der Waals surface area contributed by atoms with Crippen molar-refractivity contribution in [3.63, 3.8) is 0 Å². The number of ether oxygens (including phenoxy) is 1. The van der Waals surface area contributed by atoms with Gasteiger partial charge in [0.2, 0.25) is 0 Å². The Labute approximate surface area is 174 Å². The van der Waals surface area contributed by atoms with E-state index in [1.807, 2.05) is 0 Å². The molecular weight excluding hydrogens is 465 g/mol. The van der Waals surface area contributed by atoms with E-state index in [1.54, 1.807) is 0 Å². The van der Waals surface area contributed by atoms with Crippen LogP contribution < -0.4 is 10.6 Å². The third kappa shape index (κ3) is 5.25. The van der Waals surface area contributed by atoms with Gasteiger partial charge in [0.1, 0.15) is 0 Å². The SMILES string of the molecule is I.O=S1(=O)CCC(CN=C(NCC2CCCO2)NC2CC3CCC2C3)C1. The standard InChI is InChI=1S/C18H31N3O3S.HI/c22-25(23)7-5-14(12-25)10-19-18(20-11-16-2-1-6-24-16)21-17-9-13-3-4-15(17)8-13;/h13-17H,1-12H2,(H2,19,20,21);1H. The van der Waals surface area contributed by atoms with E-state index < -0.39 is 9.84 Å². The van der Waals surface area contributed by atoms with Crippen LogP contribution in [0, 0.1) is 17.8 Å². The minimum absolute atomic E-state index is 0. The number of aliphatic imine (C=N–C) groups is 1. The Balaban J connectivity index is 0.00000196. The summed E-state index contributed by atoms with van der Waals surface area (Å²) in [4.78, 5) is 4.75. The molecule has 0 aromatic rings. The Morgan fingerprint density at radius 1 is 1.15 bits per heavy atom. The predicted molar refractivity (Wildman–Crippen MR) is 114 cm³/mol. The molecule has 150 valence electrons.